The topological polar surface area (TPSA) is 303 Å². The van der Waals surface area contributed by atoms with Gasteiger partial charge in [-0.25, -0.2) is 9.59 Å². The van der Waals surface area contributed by atoms with Crippen molar-refractivity contribution in [2.24, 2.45) is 29.4 Å². The minimum atomic E-state index is -1.03. The highest BCUT2D eigenvalue weighted by Gasteiger charge is 2.57. The molecule has 0 radical (unpaired) electrons. The fourth-order valence-corrected chi connectivity index (χ4v) is 11.3. The van der Waals surface area contributed by atoms with Crippen LogP contribution in [0, 0.1) is 23.7 Å². The number of aliphatic hydroxyl groups is 1. The van der Waals surface area contributed by atoms with Crippen molar-refractivity contribution < 1.29 is 77.0 Å². The lowest BCUT2D eigenvalue weighted by Gasteiger charge is -2.41. The number of rotatable bonds is 32. The van der Waals surface area contributed by atoms with Crippen LogP contribution in [0.2, 0.25) is 0 Å². The lowest BCUT2D eigenvalue weighted by Crippen LogP contribution is -2.53. The molecular weight excluding hydrogens is 1070 g/mol. The Morgan fingerprint density at radius 3 is 2.10 bits per heavy atom. The van der Waals surface area contributed by atoms with Crippen LogP contribution in [-0.4, -0.2) is 173 Å². The number of imide groups is 1. The summed E-state index contributed by atoms with van der Waals surface area (Å²) in [4.78, 5) is 118. The van der Waals surface area contributed by atoms with Crippen LogP contribution in [0.4, 0.5) is 9.59 Å². The summed E-state index contributed by atoms with van der Waals surface area (Å²) < 4.78 is 29.7. The number of methoxy groups -OCH3 is 1. The number of aliphatic hydroxyl groups excluding tert-OH is 1. The van der Waals surface area contributed by atoms with E-state index in [9.17, 15) is 53.4 Å². The van der Waals surface area contributed by atoms with Gasteiger partial charge in [-0.05, 0) is 81.4 Å². The molecule has 0 saturated carbocycles. The van der Waals surface area contributed by atoms with Crippen LogP contribution in [0.1, 0.15) is 137 Å². The van der Waals surface area contributed by atoms with E-state index in [-0.39, 0.29) is 143 Å². The van der Waals surface area contributed by atoms with Crippen molar-refractivity contribution >= 4 is 53.5 Å². The van der Waals surface area contributed by atoms with Crippen molar-refractivity contribution in [1.82, 2.24) is 25.3 Å². The molecule has 4 aliphatic rings. The lowest BCUT2D eigenvalue weighted by atomic mass is 9.85. The number of piperazine rings is 1. The summed E-state index contributed by atoms with van der Waals surface area (Å²) in [6, 6.07) is 5.07. The van der Waals surface area contributed by atoms with E-state index in [1.54, 1.807) is 52.1 Å². The lowest BCUT2D eigenvalue weighted by molar-refractivity contribution is -0.151. The standard InChI is InChI=1S/C61H90N6O16/c1-37(2)54(64-50(71)20-11-10-14-27-67-51(72)25-26-52(67)73)58(76)63-46(18-12-13-19-49(62)70)47(69)32-43-21-23-44(24-22-43)36-80-59(77)65-28-30-66(31-29-65)60(78)82-48-33-45(34-53(74)75)81-55(40(48)5)39(4)17-15-16-38(3)35-61(8)57(83-61)41(6)56(79-9)42(7)68/h15-17,21-26,37-38,40-42,45-46,48,54-57,68H,10-14,18-20,27-36H2,1-9H3,(H2,62,70)(H,63,76)(H,64,71)(H,74,75)/b16-15+,39-17+/t38-,40+,41-,42-,45-,46+,48-,54+,55-,56-,57-,61-/m1/s1. The number of epoxide rings is 1. The Kier molecular flexibility index (Phi) is 25.9. The van der Waals surface area contributed by atoms with Crippen molar-refractivity contribution in [3.05, 3.63) is 71.3 Å². The second-order valence-corrected chi connectivity index (χ2v) is 23.4. The number of aliphatic carboxylic acids is 1. The average molecular weight is 1160 g/mol. The molecule has 1 aromatic carbocycles. The number of carbonyl (C=O) groups is 9. The maximum atomic E-state index is 13.8. The summed E-state index contributed by atoms with van der Waals surface area (Å²) >= 11 is 0. The number of primary amides is 1. The Bertz CT molecular complexity index is 2490. The molecule has 83 heavy (non-hydrogen) atoms. The number of ether oxygens (including phenoxy) is 5. The summed E-state index contributed by atoms with van der Waals surface area (Å²) in [6.07, 6.45) is 8.04. The third-order valence-corrected chi connectivity index (χ3v) is 16.1. The second-order valence-electron chi connectivity index (χ2n) is 23.4. The van der Waals surface area contributed by atoms with Gasteiger partial charge < -0.3 is 60.1 Å². The predicted octanol–water partition coefficient (Wildman–Crippen LogP) is 5.70. The summed E-state index contributed by atoms with van der Waals surface area (Å²) in [7, 11) is 1.59. The van der Waals surface area contributed by atoms with Crippen LogP contribution >= 0.6 is 0 Å². The first-order valence-electron chi connectivity index (χ1n) is 29.3. The molecule has 0 aromatic heterocycles. The number of amides is 7. The molecule has 0 spiro atoms. The summed E-state index contributed by atoms with van der Waals surface area (Å²) in [5.41, 5.74) is 7.15. The van der Waals surface area contributed by atoms with Gasteiger partial charge in [-0.15, -0.1) is 0 Å². The van der Waals surface area contributed by atoms with Crippen LogP contribution < -0.4 is 16.4 Å². The number of nitrogens with zero attached hydrogens (tertiary/aromatic N) is 3. The number of hydrogen-bond donors (Lipinski definition) is 5. The maximum Gasteiger partial charge on any atom is 0.410 e. The molecule has 3 saturated heterocycles. The Labute approximate surface area is 488 Å². The fourth-order valence-electron chi connectivity index (χ4n) is 11.3. The molecule has 6 N–H and O–H groups in total. The number of carboxylic acid groups (broad SMARTS) is 1. The van der Waals surface area contributed by atoms with Crippen molar-refractivity contribution in [2.75, 3.05) is 39.8 Å². The quantitative estimate of drug-likeness (QED) is 0.0250. The third kappa shape index (κ3) is 20.7. The van der Waals surface area contributed by atoms with Gasteiger partial charge in [0.2, 0.25) is 17.7 Å². The molecule has 22 heteroatoms. The molecule has 22 nitrogen and oxygen atoms in total. The van der Waals surface area contributed by atoms with Gasteiger partial charge in [0.1, 0.15) is 18.8 Å². The summed E-state index contributed by atoms with van der Waals surface area (Å²) in [5.74, 6) is -3.83. The predicted molar refractivity (Wildman–Crippen MR) is 306 cm³/mol. The van der Waals surface area contributed by atoms with Gasteiger partial charge in [0.05, 0.1) is 48.6 Å². The monoisotopic (exact) mass is 1160 g/mol. The molecule has 12 atom stereocenters. The number of benzene rings is 1. The maximum absolute atomic E-state index is 13.8. The highest BCUT2D eigenvalue weighted by atomic mass is 16.6. The zero-order valence-corrected chi connectivity index (χ0v) is 49.9. The van der Waals surface area contributed by atoms with E-state index in [4.69, 9.17) is 29.4 Å². The van der Waals surface area contributed by atoms with Gasteiger partial charge in [0.15, 0.2) is 5.78 Å². The van der Waals surface area contributed by atoms with Crippen LogP contribution in [0.25, 0.3) is 0 Å². The number of allylic oxidation sites excluding steroid dienone is 3. The number of Topliss-reactive ketones (excluding diaryl/α,β-unsaturated/α-hetero) is 1. The SMILES string of the molecule is CO[C@H]([C@@H](C)[C@H]1O[C@]1(C)C[C@H](C)/C=C/C=C(\C)[C@H]1O[C@@H](CC(=O)O)C[C@@H](OC(=O)N2CCN(C(=O)OCc3ccc(CC(=O)[C@H](CCCCC(N)=O)NC(=O)[C@@H](NC(=O)CCCCCN4C(=O)C=CC4=O)C(C)C)cc3)CC2)[C@@H]1C)[C@@H](C)O. The number of carbonyl (C=O) groups excluding carboxylic acids is 8. The van der Waals surface area contributed by atoms with E-state index in [2.05, 4.69) is 30.6 Å². The molecular formula is C61H90N6O16. The molecule has 3 fully saturated rings. The minimum Gasteiger partial charge on any atom is -0.481 e. The van der Waals surface area contributed by atoms with Crippen molar-refractivity contribution in [2.45, 2.75) is 193 Å². The van der Waals surface area contributed by atoms with Gasteiger partial charge in [0.25, 0.3) is 11.8 Å². The van der Waals surface area contributed by atoms with Gasteiger partial charge in [-0.2, -0.15) is 0 Å². The first kappa shape index (κ1) is 67.3. The third-order valence-electron chi connectivity index (χ3n) is 16.1. The number of ketones is 1. The number of carboxylic acids is 1. The van der Waals surface area contributed by atoms with Crippen molar-refractivity contribution in [1.29, 1.82) is 0 Å². The average Bonchev–Trinajstić information content (AvgIpc) is 2.74. The first-order chi connectivity index (χ1) is 39.3. The zero-order chi connectivity index (χ0) is 61.1. The highest BCUT2D eigenvalue weighted by Crippen LogP contribution is 2.47. The Balaban J connectivity index is 1.07. The van der Waals surface area contributed by atoms with Crippen LogP contribution in [0.15, 0.2) is 60.2 Å². The van der Waals surface area contributed by atoms with Crippen molar-refractivity contribution in [3.63, 3.8) is 0 Å². The highest BCUT2D eigenvalue weighted by molar-refractivity contribution is 6.12. The van der Waals surface area contributed by atoms with E-state index in [1.807, 2.05) is 32.9 Å². The smallest absolute Gasteiger partial charge is 0.410 e. The van der Waals surface area contributed by atoms with Crippen molar-refractivity contribution in [3.8, 4) is 0 Å². The molecule has 7 amide bonds. The first-order valence-corrected chi connectivity index (χ1v) is 29.3. The molecule has 0 unspecified atom stereocenters. The molecule has 4 aliphatic heterocycles. The number of hydrogen-bond acceptors (Lipinski definition) is 15. The number of unbranched alkanes of at least 4 members (excludes halogenated alkanes) is 3. The van der Waals surface area contributed by atoms with E-state index in [0.717, 1.165) is 16.9 Å². The minimum absolute atomic E-state index is 0.00883. The van der Waals surface area contributed by atoms with Gasteiger partial charge in [-0.3, -0.25) is 38.5 Å². The van der Waals surface area contributed by atoms with Gasteiger partial charge in [0, 0.05) is 89.5 Å². The van der Waals surface area contributed by atoms with Gasteiger partial charge >= 0.3 is 18.2 Å². The summed E-state index contributed by atoms with van der Waals surface area (Å²) in [6.45, 7) is 16.2. The van der Waals surface area contributed by atoms with Crippen LogP contribution in [-0.2, 0) is 70.3 Å². The summed E-state index contributed by atoms with van der Waals surface area (Å²) in [5, 5.41) is 25.5. The molecule has 0 bridgehead atoms. The zero-order valence-electron chi connectivity index (χ0n) is 49.9. The van der Waals surface area contributed by atoms with E-state index in [0.29, 0.717) is 43.2 Å². The molecule has 4 heterocycles. The van der Waals surface area contributed by atoms with E-state index in [1.165, 1.54) is 22.0 Å². The molecule has 1 aromatic rings. The molecule has 460 valence electrons. The van der Waals surface area contributed by atoms with E-state index >= 15 is 0 Å². The second kappa shape index (κ2) is 32.0. The van der Waals surface area contributed by atoms with E-state index < -0.39 is 66.5 Å². The van der Waals surface area contributed by atoms with Gasteiger partial charge in [-0.1, -0.05) is 90.0 Å². The Morgan fingerprint density at radius 1 is 0.867 bits per heavy atom. The number of nitrogens with two attached hydrogens (primary N) is 1. The Hall–Kier alpha value is -6.49. The largest absolute Gasteiger partial charge is 0.481 e. The van der Waals surface area contributed by atoms with Crippen LogP contribution in [0.3, 0.4) is 0 Å². The number of nitrogens with one attached hydrogen (secondary N) is 2. The Morgan fingerprint density at radius 2 is 1.49 bits per heavy atom. The fraction of sp³-hybridized carbons (Fsp3) is 0.656. The molecule has 0 aliphatic carbocycles. The normalized spacial score (nSPS) is 24.0. The van der Waals surface area contributed by atoms with Crippen LogP contribution in [0.5, 0.6) is 0 Å². The molecule has 5 rings (SSSR count).